The van der Waals surface area contributed by atoms with Crippen LogP contribution in [0.4, 0.5) is 10.6 Å². The molecular weight excluding hydrogens is 276 g/mol. The third-order valence-corrected chi connectivity index (χ3v) is 4.03. The van der Waals surface area contributed by atoms with Gasteiger partial charge in [-0.25, -0.2) is 9.78 Å². The van der Waals surface area contributed by atoms with Gasteiger partial charge in [-0.3, -0.25) is 0 Å². The molecular formula is C14H21ClN4O. The Morgan fingerprint density at radius 2 is 2.00 bits per heavy atom. The van der Waals surface area contributed by atoms with E-state index in [0.29, 0.717) is 5.02 Å². The molecule has 0 N–H and O–H groups in total. The highest BCUT2D eigenvalue weighted by Crippen LogP contribution is 2.26. The maximum absolute atomic E-state index is 12.0. The van der Waals surface area contributed by atoms with Gasteiger partial charge in [-0.1, -0.05) is 11.6 Å². The normalized spacial score (nSPS) is 16.1. The van der Waals surface area contributed by atoms with Crippen molar-refractivity contribution in [3.8, 4) is 0 Å². The molecule has 0 saturated carbocycles. The second kappa shape index (κ2) is 6.31. The molecule has 2 heterocycles. The first kappa shape index (κ1) is 14.9. The van der Waals surface area contributed by atoms with E-state index in [0.717, 1.165) is 31.7 Å². The first-order valence-corrected chi connectivity index (χ1v) is 7.18. The molecule has 0 atom stereocenters. The molecule has 1 fully saturated rings. The topological polar surface area (TPSA) is 39.7 Å². The van der Waals surface area contributed by atoms with Gasteiger partial charge < -0.3 is 14.7 Å². The molecule has 6 heteroatoms. The Bertz CT molecular complexity index is 472. The van der Waals surface area contributed by atoms with Gasteiger partial charge >= 0.3 is 6.03 Å². The quantitative estimate of drug-likeness (QED) is 0.841. The number of rotatable bonds is 2. The van der Waals surface area contributed by atoms with Gasteiger partial charge in [0.15, 0.2) is 0 Å². The molecule has 0 aromatic carbocycles. The van der Waals surface area contributed by atoms with Gasteiger partial charge in [0.1, 0.15) is 5.82 Å². The fourth-order valence-corrected chi connectivity index (χ4v) is 2.79. The molecule has 0 bridgehead atoms. The lowest BCUT2D eigenvalue weighted by atomic mass is 10.0. The van der Waals surface area contributed by atoms with Gasteiger partial charge in [-0.15, -0.1) is 0 Å². The third kappa shape index (κ3) is 3.15. The molecule has 0 aliphatic carbocycles. The van der Waals surface area contributed by atoms with Crippen molar-refractivity contribution in [3.05, 3.63) is 23.4 Å². The van der Waals surface area contributed by atoms with E-state index in [-0.39, 0.29) is 12.1 Å². The summed E-state index contributed by atoms with van der Waals surface area (Å²) in [4.78, 5) is 21.9. The van der Waals surface area contributed by atoms with Gasteiger partial charge in [-0.2, -0.15) is 0 Å². The van der Waals surface area contributed by atoms with Crippen LogP contribution in [0.25, 0.3) is 0 Å². The van der Waals surface area contributed by atoms with Crippen molar-refractivity contribution in [2.75, 3.05) is 39.1 Å². The van der Waals surface area contributed by atoms with Crippen LogP contribution in [0.2, 0.25) is 5.02 Å². The second-order valence-corrected chi connectivity index (χ2v) is 5.72. The first-order valence-electron chi connectivity index (χ1n) is 6.80. The Hall–Kier alpha value is -1.49. The number of hydrogen-bond donors (Lipinski definition) is 0. The summed E-state index contributed by atoms with van der Waals surface area (Å²) in [6.45, 7) is 1.74. The summed E-state index contributed by atoms with van der Waals surface area (Å²) in [7, 11) is 5.43. The highest BCUT2D eigenvalue weighted by molar-refractivity contribution is 6.32. The Balaban J connectivity index is 1.96. The standard InChI is InChI=1S/C14H21ClN4O/c1-17(2)14(20)18(3)11-6-9-19(10-7-11)13-12(15)5-4-8-16-13/h4-5,8,11H,6-7,9-10H2,1-3H3. The molecule has 0 radical (unpaired) electrons. The summed E-state index contributed by atoms with van der Waals surface area (Å²) < 4.78 is 0. The molecule has 2 amide bonds. The summed E-state index contributed by atoms with van der Waals surface area (Å²) in [5.41, 5.74) is 0. The number of aromatic nitrogens is 1. The third-order valence-electron chi connectivity index (χ3n) is 3.74. The van der Waals surface area contributed by atoms with Gasteiger partial charge in [-0.05, 0) is 25.0 Å². The molecule has 1 aliphatic heterocycles. The maximum Gasteiger partial charge on any atom is 0.319 e. The van der Waals surface area contributed by atoms with E-state index in [1.807, 2.05) is 24.1 Å². The first-order chi connectivity index (χ1) is 9.50. The number of piperidine rings is 1. The zero-order valence-electron chi connectivity index (χ0n) is 12.2. The summed E-state index contributed by atoms with van der Waals surface area (Å²) in [6.07, 6.45) is 3.63. The van der Waals surface area contributed by atoms with Gasteiger partial charge in [0.25, 0.3) is 0 Å². The van der Waals surface area contributed by atoms with Crippen LogP contribution in [-0.4, -0.2) is 61.1 Å². The molecule has 2 rings (SSSR count). The number of halogens is 1. The van der Waals surface area contributed by atoms with Gasteiger partial charge in [0, 0.05) is 46.5 Å². The van der Waals surface area contributed by atoms with E-state index >= 15 is 0 Å². The fourth-order valence-electron chi connectivity index (χ4n) is 2.55. The van der Waals surface area contributed by atoms with Crippen LogP contribution in [0, 0.1) is 0 Å². The lowest BCUT2D eigenvalue weighted by molar-refractivity contribution is 0.155. The minimum atomic E-state index is 0.0549. The minimum Gasteiger partial charge on any atom is -0.355 e. The summed E-state index contributed by atoms with van der Waals surface area (Å²) in [6, 6.07) is 4.03. The molecule has 1 aromatic rings. The highest BCUT2D eigenvalue weighted by atomic mass is 35.5. The van der Waals surface area contributed by atoms with Crippen LogP contribution in [0.3, 0.4) is 0 Å². The van der Waals surface area contributed by atoms with Crippen LogP contribution in [0.1, 0.15) is 12.8 Å². The average Bonchev–Trinajstić information content (AvgIpc) is 2.46. The molecule has 0 spiro atoms. The van der Waals surface area contributed by atoms with Crippen molar-refractivity contribution < 1.29 is 4.79 Å². The lowest BCUT2D eigenvalue weighted by Crippen LogP contribution is -2.48. The Morgan fingerprint density at radius 3 is 2.55 bits per heavy atom. The van der Waals surface area contributed by atoms with Crippen LogP contribution >= 0.6 is 11.6 Å². The zero-order chi connectivity index (χ0) is 14.7. The number of hydrogen-bond acceptors (Lipinski definition) is 3. The number of amides is 2. The summed E-state index contributed by atoms with van der Waals surface area (Å²) in [5, 5.41) is 0.684. The van der Waals surface area contributed by atoms with Gasteiger partial charge in [0.2, 0.25) is 0 Å². The van der Waals surface area contributed by atoms with E-state index in [1.165, 1.54) is 0 Å². The van der Waals surface area contributed by atoms with Gasteiger partial charge in [0.05, 0.1) is 5.02 Å². The number of carbonyl (C=O) groups is 1. The number of anilines is 1. The highest BCUT2D eigenvalue weighted by Gasteiger charge is 2.27. The average molecular weight is 297 g/mol. The maximum atomic E-state index is 12.0. The van der Waals surface area contributed by atoms with Crippen LogP contribution in [-0.2, 0) is 0 Å². The lowest BCUT2D eigenvalue weighted by Gasteiger charge is -2.38. The number of nitrogens with zero attached hydrogens (tertiary/aromatic N) is 4. The minimum absolute atomic E-state index is 0.0549. The van der Waals surface area contributed by atoms with Crippen LogP contribution in [0.5, 0.6) is 0 Å². The Morgan fingerprint density at radius 1 is 1.35 bits per heavy atom. The monoisotopic (exact) mass is 296 g/mol. The van der Waals surface area contributed by atoms with Crippen molar-refractivity contribution in [2.45, 2.75) is 18.9 Å². The number of carbonyl (C=O) groups excluding carboxylic acids is 1. The van der Waals surface area contributed by atoms with Crippen molar-refractivity contribution in [1.29, 1.82) is 0 Å². The van der Waals surface area contributed by atoms with Crippen molar-refractivity contribution in [2.24, 2.45) is 0 Å². The summed E-state index contributed by atoms with van der Waals surface area (Å²) in [5.74, 6) is 0.842. The predicted octanol–water partition coefficient (Wildman–Crippen LogP) is 2.32. The molecule has 0 unspecified atom stereocenters. The van der Waals surface area contributed by atoms with E-state index in [2.05, 4.69) is 9.88 Å². The fraction of sp³-hybridized carbons (Fsp3) is 0.571. The smallest absolute Gasteiger partial charge is 0.319 e. The molecule has 110 valence electrons. The molecule has 1 saturated heterocycles. The van der Waals surface area contributed by atoms with E-state index in [9.17, 15) is 4.79 Å². The Kier molecular flexibility index (Phi) is 4.70. The van der Waals surface area contributed by atoms with Crippen molar-refractivity contribution in [3.63, 3.8) is 0 Å². The SMILES string of the molecule is CN(C)C(=O)N(C)C1CCN(c2ncccc2Cl)CC1. The zero-order valence-corrected chi connectivity index (χ0v) is 13.0. The number of pyridine rings is 1. The van der Waals surface area contributed by atoms with E-state index in [4.69, 9.17) is 11.6 Å². The van der Waals surface area contributed by atoms with Crippen LogP contribution in [0.15, 0.2) is 18.3 Å². The van der Waals surface area contributed by atoms with Crippen molar-refractivity contribution >= 4 is 23.4 Å². The van der Waals surface area contributed by atoms with E-state index < -0.39 is 0 Å². The van der Waals surface area contributed by atoms with E-state index in [1.54, 1.807) is 25.2 Å². The second-order valence-electron chi connectivity index (χ2n) is 5.31. The Labute approximate surface area is 125 Å². The van der Waals surface area contributed by atoms with Crippen molar-refractivity contribution in [1.82, 2.24) is 14.8 Å². The van der Waals surface area contributed by atoms with Crippen LogP contribution < -0.4 is 4.90 Å². The molecule has 1 aromatic heterocycles. The molecule has 20 heavy (non-hydrogen) atoms. The summed E-state index contributed by atoms with van der Waals surface area (Å²) >= 11 is 6.17. The largest absolute Gasteiger partial charge is 0.355 e. The predicted molar refractivity (Wildman–Crippen MR) is 81.3 cm³/mol. The molecule has 5 nitrogen and oxygen atoms in total. The molecule has 1 aliphatic rings. The number of urea groups is 1.